The minimum atomic E-state index is -0.198. The predicted molar refractivity (Wildman–Crippen MR) is 73.0 cm³/mol. The Kier molecular flexibility index (Phi) is 3.82. The number of halogens is 1. The second-order valence-corrected chi connectivity index (χ2v) is 5.54. The monoisotopic (exact) mass is 283 g/mol. The molecule has 0 bridgehead atoms. The van der Waals surface area contributed by atoms with Crippen molar-refractivity contribution in [3.8, 4) is 11.5 Å². The summed E-state index contributed by atoms with van der Waals surface area (Å²) < 4.78 is 11.3. The highest BCUT2D eigenvalue weighted by molar-refractivity contribution is 6.32. The third-order valence-corrected chi connectivity index (χ3v) is 3.80. The zero-order chi connectivity index (χ0) is 13.2. The van der Waals surface area contributed by atoms with Crippen molar-refractivity contribution in [1.82, 2.24) is 4.90 Å². The van der Waals surface area contributed by atoms with E-state index in [1.807, 2.05) is 12.1 Å². The molecule has 5 heteroatoms. The molecule has 4 nitrogen and oxygen atoms in total. The molecule has 1 aromatic rings. The molecular formula is C14H18ClNO3. The fourth-order valence-corrected chi connectivity index (χ4v) is 2.88. The van der Waals surface area contributed by atoms with Crippen LogP contribution in [0.1, 0.15) is 18.4 Å². The quantitative estimate of drug-likeness (QED) is 0.902. The number of aliphatic hydroxyl groups is 1. The van der Waals surface area contributed by atoms with Gasteiger partial charge in [-0.15, -0.1) is 0 Å². The summed E-state index contributed by atoms with van der Waals surface area (Å²) in [6, 6.07) is 3.93. The number of hydrogen-bond acceptors (Lipinski definition) is 4. The average Bonchev–Trinajstić information content (AvgIpc) is 2.64. The summed E-state index contributed by atoms with van der Waals surface area (Å²) in [4.78, 5) is 2.22. The molecule has 0 spiro atoms. The molecule has 0 radical (unpaired) electrons. The first kappa shape index (κ1) is 13.0. The van der Waals surface area contributed by atoms with Crippen LogP contribution in [0.3, 0.4) is 0 Å². The van der Waals surface area contributed by atoms with Crippen LogP contribution in [0.5, 0.6) is 11.5 Å². The van der Waals surface area contributed by atoms with Crippen LogP contribution < -0.4 is 9.47 Å². The van der Waals surface area contributed by atoms with E-state index in [0.717, 1.165) is 43.8 Å². The van der Waals surface area contributed by atoms with Crippen LogP contribution in [0.25, 0.3) is 0 Å². The van der Waals surface area contributed by atoms with Gasteiger partial charge < -0.3 is 14.6 Å². The largest absolute Gasteiger partial charge is 0.489 e. The van der Waals surface area contributed by atoms with Crippen molar-refractivity contribution in [3.63, 3.8) is 0 Å². The van der Waals surface area contributed by atoms with Gasteiger partial charge in [-0.2, -0.15) is 0 Å². The molecule has 2 aliphatic rings. The molecule has 0 unspecified atom stereocenters. The van der Waals surface area contributed by atoms with Crippen LogP contribution in [0.4, 0.5) is 0 Å². The predicted octanol–water partition coefficient (Wildman–Crippen LogP) is 2.07. The highest BCUT2D eigenvalue weighted by atomic mass is 35.5. The van der Waals surface area contributed by atoms with Gasteiger partial charge in [0.1, 0.15) is 0 Å². The van der Waals surface area contributed by atoms with E-state index in [0.29, 0.717) is 24.0 Å². The molecule has 1 N–H and O–H groups in total. The summed E-state index contributed by atoms with van der Waals surface area (Å²) in [5, 5.41) is 10.2. The minimum Gasteiger partial charge on any atom is -0.489 e. The summed E-state index contributed by atoms with van der Waals surface area (Å²) in [6.45, 7) is 3.74. The molecule has 0 amide bonds. The van der Waals surface area contributed by atoms with Crippen LogP contribution in [0.15, 0.2) is 12.1 Å². The smallest absolute Gasteiger partial charge is 0.179 e. The summed E-state index contributed by atoms with van der Waals surface area (Å²) >= 11 is 6.26. The molecule has 1 atom stereocenters. The molecule has 2 aliphatic heterocycles. The zero-order valence-electron chi connectivity index (χ0n) is 10.8. The van der Waals surface area contributed by atoms with Gasteiger partial charge in [-0.1, -0.05) is 11.6 Å². The molecule has 2 heterocycles. The number of β-amino-alcohol motifs (C(OH)–C–C–N with tert-alkyl or cyclic N) is 1. The van der Waals surface area contributed by atoms with Crippen molar-refractivity contribution >= 4 is 11.6 Å². The van der Waals surface area contributed by atoms with Gasteiger partial charge in [0.2, 0.25) is 0 Å². The third-order valence-electron chi connectivity index (χ3n) is 3.52. The number of ether oxygens (including phenoxy) is 2. The minimum absolute atomic E-state index is 0.198. The Labute approximate surface area is 117 Å². The number of benzene rings is 1. The number of fused-ring (bicyclic) bond motifs is 1. The molecule has 1 aromatic carbocycles. The first-order valence-electron chi connectivity index (χ1n) is 6.71. The Bertz CT molecular complexity index is 466. The molecule has 1 saturated heterocycles. The highest BCUT2D eigenvalue weighted by Gasteiger charge is 2.21. The lowest BCUT2D eigenvalue weighted by Crippen LogP contribution is -2.21. The standard InChI is InChI=1S/C14H18ClNO3/c15-12-6-10(8-16-3-2-11(17)9-16)7-13-14(12)19-5-1-4-18-13/h6-7,11,17H,1-5,8-9H2/t11-/m0/s1. The maximum atomic E-state index is 9.55. The number of hydrogen-bond donors (Lipinski definition) is 1. The van der Waals surface area contributed by atoms with Crippen molar-refractivity contribution in [2.75, 3.05) is 26.3 Å². The van der Waals surface area contributed by atoms with Crippen molar-refractivity contribution in [1.29, 1.82) is 0 Å². The van der Waals surface area contributed by atoms with Crippen molar-refractivity contribution in [2.45, 2.75) is 25.5 Å². The lowest BCUT2D eigenvalue weighted by molar-refractivity contribution is 0.174. The Morgan fingerprint density at radius 1 is 1.32 bits per heavy atom. The highest BCUT2D eigenvalue weighted by Crippen LogP contribution is 2.38. The van der Waals surface area contributed by atoms with Crippen LogP contribution in [0, 0.1) is 0 Å². The maximum Gasteiger partial charge on any atom is 0.179 e. The molecule has 0 aliphatic carbocycles. The summed E-state index contributed by atoms with van der Waals surface area (Å²) in [5.74, 6) is 1.39. The SMILES string of the molecule is O[C@H]1CCN(Cc2cc(Cl)c3c(c2)OCCCO3)C1. The normalized spacial score (nSPS) is 23.4. The summed E-state index contributed by atoms with van der Waals surface area (Å²) in [5.41, 5.74) is 1.10. The maximum absolute atomic E-state index is 9.55. The van der Waals surface area contributed by atoms with Gasteiger partial charge in [0.05, 0.1) is 24.3 Å². The van der Waals surface area contributed by atoms with Gasteiger partial charge in [0, 0.05) is 26.1 Å². The Morgan fingerprint density at radius 2 is 2.16 bits per heavy atom. The number of aliphatic hydroxyl groups excluding tert-OH is 1. The zero-order valence-corrected chi connectivity index (χ0v) is 11.5. The van der Waals surface area contributed by atoms with E-state index >= 15 is 0 Å². The van der Waals surface area contributed by atoms with E-state index in [2.05, 4.69) is 4.90 Å². The number of likely N-dealkylation sites (tertiary alicyclic amines) is 1. The van der Waals surface area contributed by atoms with Gasteiger partial charge in [-0.25, -0.2) is 0 Å². The van der Waals surface area contributed by atoms with Crippen LogP contribution >= 0.6 is 11.6 Å². The van der Waals surface area contributed by atoms with Crippen LogP contribution in [-0.2, 0) is 6.54 Å². The van der Waals surface area contributed by atoms with Gasteiger partial charge in [-0.3, -0.25) is 4.90 Å². The Hall–Kier alpha value is -0.970. The molecule has 19 heavy (non-hydrogen) atoms. The number of rotatable bonds is 2. The van der Waals surface area contributed by atoms with Crippen molar-refractivity contribution in [3.05, 3.63) is 22.7 Å². The molecule has 0 saturated carbocycles. The van der Waals surface area contributed by atoms with E-state index in [1.54, 1.807) is 0 Å². The van der Waals surface area contributed by atoms with Gasteiger partial charge in [0.25, 0.3) is 0 Å². The fourth-order valence-electron chi connectivity index (χ4n) is 2.59. The summed E-state index contributed by atoms with van der Waals surface area (Å²) in [6.07, 6.45) is 1.52. The lowest BCUT2D eigenvalue weighted by Gasteiger charge is -2.17. The Morgan fingerprint density at radius 3 is 2.95 bits per heavy atom. The topological polar surface area (TPSA) is 41.9 Å². The number of nitrogens with zero attached hydrogens (tertiary/aromatic N) is 1. The van der Waals surface area contributed by atoms with E-state index < -0.39 is 0 Å². The molecule has 1 fully saturated rings. The molecular weight excluding hydrogens is 266 g/mol. The molecule has 3 rings (SSSR count). The summed E-state index contributed by atoms with van der Waals surface area (Å²) in [7, 11) is 0. The second-order valence-electron chi connectivity index (χ2n) is 5.13. The van der Waals surface area contributed by atoms with Crippen molar-refractivity contribution in [2.24, 2.45) is 0 Å². The van der Waals surface area contributed by atoms with E-state index in [9.17, 15) is 5.11 Å². The molecule has 0 aromatic heterocycles. The van der Waals surface area contributed by atoms with Gasteiger partial charge >= 0.3 is 0 Å². The van der Waals surface area contributed by atoms with E-state index in [1.165, 1.54) is 0 Å². The Balaban J connectivity index is 1.79. The van der Waals surface area contributed by atoms with E-state index in [-0.39, 0.29) is 6.10 Å². The average molecular weight is 284 g/mol. The first-order chi connectivity index (χ1) is 9.22. The molecule has 104 valence electrons. The fraction of sp³-hybridized carbons (Fsp3) is 0.571. The second kappa shape index (κ2) is 5.57. The van der Waals surface area contributed by atoms with Gasteiger partial charge in [0.15, 0.2) is 11.5 Å². The lowest BCUT2D eigenvalue weighted by atomic mass is 10.2. The van der Waals surface area contributed by atoms with Crippen molar-refractivity contribution < 1.29 is 14.6 Å². The van der Waals surface area contributed by atoms with E-state index in [4.69, 9.17) is 21.1 Å². The first-order valence-corrected chi connectivity index (χ1v) is 7.08. The van der Waals surface area contributed by atoms with Gasteiger partial charge in [-0.05, 0) is 24.1 Å². The van der Waals surface area contributed by atoms with Crippen LogP contribution in [-0.4, -0.2) is 42.4 Å². The van der Waals surface area contributed by atoms with Crippen LogP contribution in [0.2, 0.25) is 5.02 Å². The third kappa shape index (κ3) is 2.96.